The standard InChI is InChI=1S/C23H23N3O4S/c1-15-24-21(30-26-15)14-31-19-10-6-5-9-18(19)23(28)29-13-20(27)25-22(17-11-12-17)16-7-3-2-4-8-16/h2-10,17,22H,11-14H2,1H3,(H,25,27). The van der Waals surface area contributed by atoms with Gasteiger partial charge in [0.2, 0.25) is 5.89 Å². The highest BCUT2D eigenvalue weighted by Crippen LogP contribution is 2.40. The lowest BCUT2D eigenvalue weighted by Crippen LogP contribution is -2.33. The topological polar surface area (TPSA) is 94.3 Å². The van der Waals surface area contributed by atoms with Crippen LogP contribution in [0, 0.1) is 12.8 Å². The van der Waals surface area contributed by atoms with Gasteiger partial charge in [-0.05, 0) is 43.4 Å². The second-order valence-electron chi connectivity index (χ2n) is 7.39. The first-order valence-corrected chi connectivity index (χ1v) is 11.1. The minimum absolute atomic E-state index is 0.0481. The Labute approximate surface area is 184 Å². The number of rotatable bonds is 9. The van der Waals surface area contributed by atoms with Crippen LogP contribution in [0.3, 0.4) is 0 Å². The molecule has 1 unspecified atom stereocenters. The summed E-state index contributed by atoms with van der Waals surface area (Å²) in [6.07, 6.45) is 2.17. The lowest BCUT2D eigenvalue weighted by molar-refractivity contribution is -0.125. The summed E-state index contributed by atoms with van der Waals surface area (Å²) in [7, 11) is 0. The summed E-state index contributed by atoms with van der Waals surface area (Å²) in [6.45, 7) is 1.43. The Hall–Kier alpha value is -3.13. The van der Waals surface area contributed by atoms with E-state index >= 15 is 0 Å². The number of esters is 1. The van der Waals surface area contributed by atoms with Gasteiger partial charge in [0, 0.05) is 4.90 Å². The monoisotopic (exact) mass is 437 g/mol. The molecule has 0 saturated heterocycles. The first kappa shape index (κ1) is 21.1. The molecule has 1 N–H and O–H groups in total. The summed E-state index contributed by atoms with van der Waals surface area (Å²) in [5, 5.41) is 6.78. The second kappa shape index (κ2) is 9.78. The Balaban J connectivity index is 1.33. The van der Waals surface area contributed by atoms with Crippen molar-refractivity contribution >= 4 is 23.6 Å². The highest BCUT2D eigenvalue weighted by Gasteiger charge is 2.33. The summed E-state index contributed by atoms with van der Waals surface area (Å²) >= 11 is 1.40. The zero-order valence-corrected chi connectivity index (χ0v) is 17.9. The number of nitrogens with one attached hydrogen (secondary N) is 1. The minimum atomic E-state index is -0.539. The van der Waals surface area contributed by atoms with Crippen LogP contribution in [0.25, 0.3) is 0 Å². The van der Waals surface area contributed by atoms with E-state index in [0.29, 0.717) is 28.9 Å². The zero-order chi connectivity index (χ0) is 21.6. The van der Waals surface area contributed by atoms with Crippen molar-refractivity contribution in [3.8, 4) is 0 Å². The molecule has 1 heterocycles. The molecule has 0 aliphatic heterocycles. The van der Waals surface area contributed by atoms with Gasteiger partial charge in [-0.1, -0.05) is 47.6 Å². The quantitative estimate of drug-likeness (QED) is 0.398. The summed E-state index contributed by atoms with van der Waals surface area (Å²) in [4.78, 5) is 30.0. The predicted molar refractivity (Wildman–Crippen MR) is 115 cm³/mol. The molecule has 4 rings (SSSR count). The third-order valence-corrected chi connectivity index (χ3v) is 5.99. The molecule has 1 amide bonds. The summed E-state index contributed by atoms with van der Waals surface area (Å²) in [6, 6.07) is 16.9. The van der Waals surface area contributed by atoms with E-state index in [9.17, 15) is 9.59 Å². The SMILES string of the molecule is Cc1noc(CSc2ccccc2C(=O)OCC(=O)NC(c2ccccc2)C2CC2)n1. The van der Waals surface area contributed by atoms with Crippen LogP contribution < -0.4 is 5.32 Å². The van der Waals surface area contributed by atoms with Gasteiger partial charge in [-0.3, -0.25) is 4.79 Å². The van der Waals surface area contributed by atoms with Crippen LogP contribution in [0.1, 0.15) is 46.5 Å². The molecule has 1 atom stereocenters. The lowest BCUT2D eigenvalue weighted by Gasteiger charge is -2.19. The fourth-order valence-electron chi connectivity index (χ4n) is 3.29. The summed E-state index contributed by atoms with van der Waals surface area (Å²) < 4.78 is 10.4. The molecule has 1 saturated carbocycles. The van der Waals surface area contributed by atoms with Crippen LogP contribution in [0.15, 0.2) is 64.0 Å². The molecule has 1 aromatic heterocycles. The molecule has 31 heavy (non-hydrogen) atoms. The van der Waals surface area contributed by atoms with Crippen molar-refractivity contribution < 1.29 is 18.8 Å². The Morgan fingerprint density at radius 3 is 2.61 bits per heavy atom. The first-order chi connectivity index (χ1) is 15.1. The number of amides is 1. The number of nitrogens with zero attached hydrogens (tertiary/aromatic N) is 2. The van der Waals surface area contributed by atoms with E-state index in [2.05, 4.69) is 15.5 Å². The number of aromatic nitrogens is 2. The average molecular weight is 438 g/mol. The van der Waals surface area contributed by atoms with Gasteiger partial charge in [0.05, 0.1) is 17.4 Å². The smallest absolute Gasteiger partial charge is 0.339 e. The van der Waals surface area contributed by atoms with E-state index in [1.807, 2.05) is 42.5 Å². The molecule has 8 heteroatoms. The Morgan fingerprint density at radius 2 is 1.90 bits per heavy atom. The number of carbonyl (C=O) groups is 2. The van der Waals surface area contributed by atoms with Crippen LogP contribution in [0.4, 0.5) is 0 Å². The van der Waals surface area contributed by atoms with Crippen molar-refractivity contribution in [3.63, 3.8) is 0 Å². The molecule has 0 bridgehead atoms. The van der Waals surface area contributed by atoms with Gasteiger partial charge in [-0.2, -0.15) is 4.98 Å². The average Bonchev–Trinajstić information content (AvgIpc) is 3.55. The molecule has 0 spiro atoms. The molecule has 2 aromatic carbocycles. The highest BCUT2D eigenvalue weighted by atomic mass is 32.2. The van der Waals surface area contributed by atoms with Gasteiger partial charge in [0.15, 0.2) is 12.4 Å². The lowest BCUT2D eigenvalue weighted by atomic mass is 10.0. The molecule has 160 valence electrons. The molecule has 1 aliphatic carbocycles. The second-order valence-corrected chi connectivity index (χ2v) is 8.41. The van der Waals surface area contributed by atoms with Crippen LogP contribution in [-0.2, 0) is 15.3 Å². The van der Waals surface area contributed by atoms with Crippen molar-refractivity contribution in [2.75, 3.05) is 6.61 Å². The number of thioether (sulfide) groups is 1. The molecule has 7 nitrogen and oxygen atoms in total. The molecular weight excluding hydrogens is 414 g/mol. The van der Waals surface area contributed by atoms with Crippen molar-refractivity contribution in [2.24, 2.45) is 5.92 Å². The molecule has 1 aliphatic rings. The molecular formula is C23H23N3O4S. The number of aryl methyl sites for hydroxylation is 1. The van der Waals surface area contributed by atoms with Crippen LogP contribution in [-0.4, -0.2) is 28.6 Å². The molecule has 1 fully saturated rings. The fraction of sp³-hybridized carbons (Fsp3) is 0.304. The van der Waals surface area contributed by atoms with Gasteiger partial charge in [-0.25, -0.2) is 4.79 Å². The Bertz CT molecular complexity index is 1050. The van der Waals surface area contributed by atoms with Crippen LogP contribution >= 0.6 is 11.8 Å². The fourth-order valence-corrected chi connectivity index (χ4v) is 4.16. The highest BCUT2D eigenvalue weighted by molar-refractivity contribution is 7.98. The number of benzene rings is 2. The van der Waals surface area contributed by atoms with E-state index in [0.717, 1.165) is 23.3 Å². The third-order valence-electron chi connectivity index (χ3n) is 4.93. The normalized spacial score (nSPS) is 14.1. The van der Waals surface area contributed by atoms with Gasteiger partial charge >= 0.3 is 5.97 Å². The van der Waals surface area contributed by atoms with E-state index in [4.69, 9.17) is 9.26 Å². The maximum absolute atomic E-state index is 12.6. The summed E-state index contributed by atoms with van der Waals surface area (Å²) in [5.41, 5.74) is 1.47. The third kappa shape index (κ3) is 5.73. The van der Waals surface area contributed by atoms with Crippen molar-refractivity contribution in [1.29, 1.82) is 0 Å². The first-order valence-electron chi connectivity index (χ1n) is 10.1. The van der Waals surface area contributed by atoms with E-state index in [1.165, 1.54) is 11.8 Å². The number of carbonyl (C=O) groups excluding carboxylic acids is 2. The largest absolute Gasteiger partial charge is 0.452 e. The summed E-state index contributed by atoms with van der Waals surface area (Å²) in [5.74, 6) is 1.08. The number of hydrogen-bond donors (Lipinski definition) is 1. The van der Waals surface area contributed by atoms with Crippen molar-refractivity contribution in [2.45, 2.75) is 36.5 Å². The van der Waals surface area contributed by atoms with Gasteiger partial charge in [-0.15, -0.1) is 11.8 Å². The van der Waals surface area contributed by atoms with Crippen LogP contribution in [0.5, 0.6) is 0 Å². The molecule has 3 aromatic rings. The van der Waals surface area contributed by atoms with Gasteiger partial charge in [0.1, 0.15) is 0 Å². The minimum Gasteiger partial charge on any atom is -0.452 e. The van der Waals surface area contributed by atoms with Crippen molar-refractivity contribution in [3.05, 3.63) is 77.4 Å². The van der Waals surface area contributed by atoms with E-state index in [1.54, 1.807) is 19.1 Å². The van der Waals surface area contributed by atoms with E-state index < -0.39 is 5.97 Å². The maximum Gasteiger partial charge on any atom is 0.339 e. The van der Waals surface area contributed by atoms with Gasteiger partial charge < -0.3 is 14.6 Å². The van der Waals surface area contributed by atoms with Crippen LogP contribution in [0.2, 0.25) is 0 Å². The predicted octanol–water partition coefficient (Wildman–Crippen LogP) is 4.09. The maximum atomic E-state index is 12.6. The van der Waals surface area contributed by atoms with E-state index in [-0.39, 0.29) is 18.6 Å². The van der Waals surface area contributed by atoms with Gasteiger partial charge in [0.25, 0.3) is 5.91 Å². The molecule has 0 radical (unpaired) electrons. The Morgan fingerprint density at radius 1 is 1.16 bits per heavy atom. The number of hydrogen-bond acceptors (Lipinski definition) is 7. The number of ether oxygens (including phenoxy) is 1. The zero-order valence-electron chi connectivity index (χ0n) is 17.1. The Kier molecular flexibility index (Phi) is 6.66. The van der Waals surface area contributed by atoms with Crippen molar-refractivity contribution in [1.82, 2.24) is 15.5 Å².